The highest BCUT2D eigenvalue weighted by molar-refractivity contribution is 5.89. The third-order valence-corrected chi connectivity index (χ3v) is 3.06. The number of methoxy groups -OCH3 is 1. The minimum atomic E-state index is -4.40. The van der Waals surface area contributed by atoms with Crippen LogP contribution in [-0.4, -0.2) is 13.1 Å². The Balaban J connectivity index is 1.89. The van der Waals surface area contributed by atoms with Gasteiger partial charge in [0.05, 0.1) is 12.7 Å². The van der Waals surface area contributed by atoms with Gasteiger partial charge in [-0.15, -0.1) is 0 Å². The van der Waals surface area contributed by atoms with Crippen molar-refractivity contribution in [3.8, 4) is 5.75 Å². The quantitative estimate of drug-likeness (QED) is 0.892. The molecule has 2 rings (SSSR count). The second kappa shape index (κ2) is 7.04. The molecular formula is C16H15F3N2O2. The van der Waals surface area contributed by atoms with Gasteiger partial charge in [-0.2, -0.15) is 13.2 Å². The van der Waals surface area contributed by atoms with Gasteiger partial charge in [-0.3, -0.25) is 0 Å². The standard InChI is InChI=1S/C16H15F3N2O2/c1-23-14-4-2-3-11(9-14)10-20-15(22)21-13-7-5-12(6-8-13)16(17,18)19/h2-9H,10H2,1H3,(H2,20,21,22). The van der Waals surface area contributed by atoms with E-state index >= 15 is 0 Å². The monoisotopic (exact) mass is 324 g/mol. The second-order valence-corrected chi connectivity index (χ2v) is 4.73. The minimum Gasteiger partial charge on any atom is -0.497 e. The van der Waals surface area contributed by atoms with Gasteiger partial charge in [0.1, 0.15) is 5.75 Å². The number of nitrogens with one attached hydrogen (secondary N) is 2. The maximum absolute atomic E-state index is 12.4. The van der Waals surface area contributed by atoms with Crippen molar-refractivity contribution in [1.29, 1.82) is 0 Å². The molecule has 4 nitrogen and oxygen atoms in total. The molecule has 2 aromatic carbocycles. The molecule has 0 aromatic heterocycles. The maximum atomic E-state index is 12.4. The number of carbonyl (C=O) groups excluding carboxylic acids is 1. The number of hydrogen-bond donors (Lipinski definition) is 2. The second-order valence-electron chi connectivity index (χ2n) is 4.73. The Labute approximate surface area is 131 Å². The lowest BCUT2D eigenvalue weighted by molar-refractivity contribution is -0.137. The Hall–Kier alpha value is -2.70. The third kappa shape index (κ3) is 4.91. The Morgan fingerprint density at radius 1 is 1.13 bits per heavy atom. The molecule has 2 N–H and O–H groups in total. The lowest BCUT2D eigenvalue weighted by Crippen LogP contribution is -2.28. The zero-order valence-corrected chi connectivity index (χ0v) is 12.3. The van der Waals surface area contributed by atoms with Crippen LogP contribution in [0.5, 0.6) is 5.75 Å². The summed E-state index contributed by atoms with van der Waals surface area (Å²) in [6, 6.07) is 10.9. The number of halogens is 3. The number of rotatable bonds is 4. The molecule has 7 heteroatoms. The minimum absolute atomic E-state index is 0.268. The first-order valence-electron chi connectivity index (χ1n) is 6.73. The first kappa shape index (κ1) is 16.7. The van der Waals surface area contributed by atoms with Crippen molar-refractivity contribution in [2.24, 2.45) is 0 Å². The number of amides is 2. The molecule has 0 aliphatic rings. The molecule has 0 fully saturated rings. The highest BCUT2D eigenvalue weighted by atomic mass is 19.4. The smallest absolute Gasteiger partial charge is 0.416 e. The molecule has 0 aliphatic carbocycles. The van der Waals surface area contributed by atoms with E-state index in [2.05, 4.69) is 10.6 Å². The molecule has 122 valence electrons. The number of benzene rings is 2. The number of ether oxygens (including phenoxy) is 1. The normalized spacial score (nSPS) is 11.0. The van der Waals surface area contributed by atoms with Crippen LogP contribution in [-0.2, 0) is 12.7 Å². The van der Waals surface area contributed by atoms with E-state index in [4.69, 9.17) is 4.74 Å². The Bertz CT molecular complexity index is 670. The molecule has 0 saturated carbocycles. The van der Waals surface area contributed by atoms with Gasteiger partial charge in [0.25, 0.3) is 0 Å². The van der Waals surface area contributed by atoms with Gasteiger partial charge < -0.3 is 15.4 Å². The SMILES string of the molecule is COc1cccc(CNC(=O)Nc2ccc(C(F)(F)F)cc2)c1. The summed E-state index contributed by atoms with van der Waals surface area (Å²) in [6.07, 6.45) is -4.40. The van der Waals surface area contributed by atoms with Crippen molar-refractivity contribution >= 4 is 11.7 Å². The molecule has 0 atom stereocenters. The van der Waals surface area contributed by atoms with Gasteiger partial charge in [0.15, 0.2) is 0 Å². The Morgan fingerprint density at radius 3 is 2.43 bits per heavy atom. The fourth-order valence-corrected chi connectivity index (χ4v) is 1.88. The van der Waals surface area contributed by atoms with Gasteiger partial charge in [0.2, 0.25) is 0 Å². The third-order valence-electron chi connectivity index (χ3n) is 3.06. The molecule has 2 amide bonds. The average molecular weight is 324 g/mol. The van der Waals surface area contributed by atoms with Crippen LogP contribution < -0.4 is 15.4 Å². The van der Waals surface area contributed by atoms with Crippen molar-refractivity contribution in [1.82, 2.24) is 5.32 Å². The predicted molar refractivity (Wildman–Crippen MR) is 80.3 cm³/mol. The first-order chi connectivity index (χ1) is 10.9. The number of hydrogen-bond acceptors (Lipinski definition) is 2. The van der Waals surface area contributed by atoms with Crippen LogP contribution in [0.3, 0.4) is 0 Å². The highest BCUT2D eigenvalue weighted by Crippen LogP contribution is 2.29. The van der Waals surface area contributed by atoms with Crippen LogP contribution in [0, 0.1) is 0 Å². The summed E-state index contributed by atoms with van der Waals surface area (Å²) in [5.74, 6) is 0.674. The Kier molecular flexibility index (Phi) is 5.10. The van der Waals surface area contributed by atoms with Crippen LogP contribution in [0.25, 0.3) is 0 Å². The number of anilines is 1. The topological polar surface area (TPSA) is 50.4 Å². The number of carbonyl (C=O) groups is 1. The summed E-state index contributed by atoms with van der Waals surface area (Å²) in [7, 11) is 1.55. The van der Waals surface area contributed by atoms with Gasteiger partial charge in [-0.05, 0) is 42.0 Å². The van der Waals surface area contributed by atoms with E-state index in [9.17, 15) is 18.0 Å². The number of urea groups is 1. The molecule has 23 heavy (non-hydrogen) atoms. The van der Waals surface area contributed by atoms with E-state index in [1.54, 1.807) is 25.3 Å². The van der Waals surface area contributed by atoms with Gasteiger partial charge >= 0.3 is 12.2 Å². The molecule has 0 heterocycles. The van der Waals surface area contributed by atoms with E-state index in [1.807, 2.05) is 6.07 Å². The lowest BCUT2D eigenvalue weighted by Gasteiger charge is -2.10. The summed E-state index contributed by atoms with van der Waals surface area (Å²) >= 11 is 0. The summed E-state index contributed by atoms with van der Waals surface area (Å²) in [6.45, 7) is 0.268. The molecule has 0 aliphatic heterocycles. The van der Waals surface area contributed by atoms with E-state index in [1.165, 1.54) is 12.1 Å². The first-order valence-corrected chi connectivity index (χ1v) is 6.73. The largest absolute Gasteiger partial charge is 0.497 e. The van der Waals surface area contributed by atoms with Gasteiger partial charge in [0, 0.05) is 12.2 Å². The van der Waals surface area contributed by atoms with E-state index in [-0.39, 0.29) is 12.2 Å². The van der Waals surface area contributed by atoms with Crippen molar-refractivity contribution in [3.63, 3.8) is 0 Å². The zero-order chi connectivity index (χ0) is 16.9. The molecule has 0 spiro atoms. The van der Waals surface area contributed by atoms with E-state index < -0.39 is 17.8 Å². The Morgan fingerprint density at radius 2 is 1.83 bits per heavy atom. The molecule has 2 aromatic rings. The summed E-state index contributed by atoms with van der Waals surface area (Å²) in [5, 5.41) is 5.09. The fourth-order valence-electron chi connectivity index (χ4n) is 1.88. The molecule has 0 saturated heterocycles. The van der Waals surface area contributed by atoms with Crippen molar-refractivity contribution in [3.05, 3.63) is 59.7 Å². The zero-order valence-electron chi connectivity index (χ0n) is 12.3. The van der Waals surface area contributed by atoms with E-state index in [0.717, 1.165) is 17.7 Å². The summed E-state index contributed by atoms with van der Waals surface area (Å²) in [4.78, 5) is 11.7. The van der Waals surface area contributed by atoms with Crippen LogP contribution in [0.15, 0.2) is 48.5 Å². The molecule has 0 unspecified atom stereocenters. The fraction of sp³-hybridized carbons (Fsp3) is 0.188. The maximum Gasteiger partial charge on any atom is 0.416 e. The summed E-state index contributed by atoms with van der Waals surface area (Å²) < 4.78 is 42.4. The van der Waals surface area contributed by atoms with Crippen LogP contribution in [0.2, 0.25) is 0 Å². The van der Waals surface area contributed by atoms with Gasteiger partial charge in [-0.1, -0.05) is 12.1 Å². The van der Waals surface area contributed by atoms with Crippen molar-refractivity contribution in [2.45, 2.75) is 12.7 Å². The average Bonchev–Trinajstić information content (AvgIpc) is 2.53. The molecule has 0 radical (unpaired) electrons. The predicted octanol–water partition coefficient (Wildman–Crippen LogP) is 4.04. The van der Waals surface area contributed by atoms with Crippen molar-refractivity contribution in [2.75, 3.05) is 12.4 Å². The van der Waals surface area contributed by atoms with Crippen LogP contribution >= 0.6 is 0 Å². The van der Waals surface area contributed by atoms with E-state index in [0.29, 0.717) is 5.75 Å². The number of alkyl halides is 3. The van der Waals surface area contributed by atoms with Crippen LogP contribution in [0.1, 0.15) is 11.1 Å². The lowest BCUT2D eigenvalue weighted by atomic mass is 10.2. The van der Waals surface area contributed by atoms with Gasteiger partial charge in [-0.25, -0.2) is 4.79 Å². The highest BCUT2D eigenvalue weighted by Gasteiger charge is 2.29. The molecule has 0 bridgehead atoms. The van der Waals surface area contributed by atoms with Crippen LogP contribution in [0.4, 0.5) is 23.7 Å². The molecular weight excluding hydrogens is 309 g/mol. The summed E-state index contributed by atoms with van der Waals surface area (Å²) in [5.41, 5.74) is 0.355. The van der Waals surface area contributed by atoms with Crippen molar-refractivity contribution < 1.29 is 22.7 Å².